The molecular weight excluding hydrogens is 538 g/mol. The topological polar surface area (TPSA) is 57.5 Å². The maximum absolute atomic E-state index is 13.9. The third kappa shape index (κ3) is 2.76. The van der Waals surface area contributed by atoms with Crippen LogP contribution in [0.3, 0.4) is 0 Å². The highest BCUT2D eigenvalue weighted by Gasteiger charge is 2.78. The van der Waals surface area contributed by atoms with Crippen LogP contribution in [0.25, 0.3) is 5.57 Å². The van der Waals surface area contributed by atoms with Gasteiger partial charge in [-0.15, -0.1) is 0 Å². The Kier molecular flexibility index (Phi) is 5.18. The van der Waals surface area contributed by atoms with E-state index in [1.54, 1.807) is 0 Å². The lowest BCUT2D eigenvalue weighted by Gasteiger charge is -2.36. The van der Waals surface area contributed by atoms with Crippen molar-refractivity contribution < 1.29 is 58.9 Å². The molecule has 0 bridgehead atoms. The summed E-state index contributed by atoms with van der Waals surface area (Å²) in [6.07, 6.45) is -2.21. The minimum Gasteiger partial charge on any atom is -0.378 e. The van der Waals surface area contributed by atoms with Crippen molar-refractivity contribution in [2.24, 2.45) is 0 Å². The zero-order valence-electron chi connectivity index (χ0n) is 18.9. The van der Waals surface area contributed by atoms with Gasteiger partial charge in [-0.1, -0.05) is 6.58 Å². The second-order valence-corrected chi connectivity index (χ2v) is 9.73. The van der Waals surface area contributed by atoms with Gasteiger partial charge in [0, 0.05) is 34.2 Å². The van der Waals surface area contributed by atoms with Crippen LogP contribution in [-0.4, -0.2) is 27.8 Å². The van der Waals surface area contributed by atoms with Gasteiger partial charge in [-0.05, 0) is 49.1 Å². The molecule has 2 aromatic rings. The number of carbonyl (C=O) groups excluding carboxylic acids is 1. The van der Waals surface area contributed by atoms with E-state index in [2.05, 4.69) is 6.58 Å². The molecule has 0 saturated carbocycles. The fraction of sp³-hybridized carbons (Fsp3) is 0.400. The van der Waals surface area contributed by atoms with E-state index < -0.39 is 105 Å². The van der Waals surface area contributed by atoms with Crippen molar-refractivity contribution in [3.05, 3.63) is 75.9 Å². The van der Waals surface area contributed by atoms with E-state index >= 15 is 0 Å². The van der Waals surface area contributed by atoms with E-state index in [1.807, 2.05) is 0 Å². The molecule has 0 amide bonds. The van der Waals surface area contributed by atoms with E-state index in [4.69, 9.17) is 0 Å². The molecule has 13 heteroatoms. The number of aliphatic hydroxyl groups is 2. The molecule has 4 aliphatic rings. The molecule has 0 spiro atoms. The summed E-state index contributed by atoms with van der Waals surface area (Å²) in [6, 6.07) is 2.37. The van der Waals surface area contributed by atoms with Gasteiger partial charge in [-0.25, -0.2) is 8.78 Å². The summed E-state index contributed by atoms with van der Waals surface area (Å²) in [5.41, 5.74) is -11.2. The lowest BCUT2D eigenvalue weighted by molar-refractivity contribution is -0.287. The van der Waals surface area contributed by atoms with Crippen LogP contribution in [0.5, 0.6) is 0 Å². The highest BCUT2D eigenvalue weighted by molar-refractivity contribution is 6.00. The summed E-state index contributed by atoms with van der Waals surface area (Å²) in [5.74, 6) is -21.5. The van der Waals surface area contributed by atoms with E-state index in [-0.39, 0.29) is 12.0 Å². The molecule has 0 aromatic heterocycles. The Morgan fingerprint density at radius 3 is 1.53 bits per heavy atom. The molecule has 0 fully saturated rings. The number of halogens is 10. The number of hydrogen-bond donors (Lipinski definition) is 2. The lowest BCUT2D eigenvalue weighted by atomic mass is 9.77. The SMILES string of the molecule is C=C1CCC2(O)c3c(ccc(F)c31)C(F)(F)C2(F)F.O=C1CCC2(O)c3c(ccc(F)c31)C(F)(F)C2(F)F. The fourth-order valence-electron chi connectivity index (χ4n) is 5.77. The first-order valence-corrected chi connectivity index (χ1v) is 11.1. The highest BCUT2D eigenvalue weighted by atomic mass is 19.3. The highest BCUT2D eigenvalue weighted by Crippen LogP contribution is 2.66. The zero-order valence-corrected chi connectivity index (χ0v) is 18.9. The molecule has 2 atom stereocenters. The second kappa shape index (κ2) is 7.38. The van der Waals surface area contributed by atoms with E-state index in [9.17, 15) is 58.9 Å². The minimum absolute atomic E-state index is 0.146. The molecule has 2 unspecified atom stereocenters. The third-order valence-corrected chi connectivity index (χ3v) is 7.78. The Labute approximate surface area is 207 Å². The number of ketones is 1. The molecule has 38 heavy (non-hydrogen) atoms. The molecule has 3 nitrogen and oxygen atoms in total. The number of benzene rings is 2. The van der Waals surface area contributed by atoms with Gasteiger partial charge in [0.25, 0.3) is 0 Å². The zero-order chi connectivity index (χ0) is 28.4. The molecule has 2 aromatic carbocycles. The summed E-state index contributed by atoms with van der Waals surface area (Å²) in [4.78, 5) is 11.6. The average Bonchev–Trinajstić information content (AvgIpc) is 3.02. The first-order chi connectivity index (χ1) is 17.3. The quantitative estimate of drug-likeness (QED) is 0.377. The van der Waals surface area contributed by atoms with Crippen LogP contribution in [-0.2, 0) is 23.0 Å². The predicted octanol–water partition coefficient (Wildman–Crippen LogP) is 6.29. The Bertz CT molecular complexity index is 1330. The van der Waals surface area contributed by atoms with Gasteiger partial charge < -0.3 is 10.2 Å². The number of rotatable bonds is 0. The Morgan fingerprint density at radius 1 is 0.658 bits per heavy atom. The van der Waals surface area contributed by atoms with E-state index in [1.165, 1.54) is 0 Å². The molecular formula is C25H16F10O3. The number of allylic oxidation sites excluding steroid dienone is 1. The molecule has 0 aliphatic heterocycles. The van der Waals surface area contributed by atoms with Crippen molar-refractivity contribution >= 4 is 11.4 Å². The summed E-state index contributed by atoms with van der Waals surface area (Å²) < 4.78 is 138. The van der Waals surface area contributed by atoms with Crippen molar-refractivity contribution in [3.8, 4) is 0 Å². The van der Waals surface area contributed by atoms with Crippen molar-refractivity contribution in [2.45, 2.75) is 60.6 Å². The Hall–Kier alpha value is -2.93. The van der Waals surface area contributed by atoms with Crippen LogP contribution in [0.4, 0.5) is 43.9 Å². The Morgan fingerprint density at radius 2 is 1.05 bits per heavy atom. The van der Waals surface area contributed by atoms with Crippen molar-refractivity contribution in [1.82, 2.24) is 0 Å². The summed E-state index contributed by atoms with van der Waals surface area (Å²) in [7, 11) is 0. The van der Waals surface area contributed by atoms with Gasteiger partial charge in [0.15, 0.2) is 17.0 Å². The van der Waals surface area contributed by atoms with Crippen LogP contribution in [0, 0.1) is 11.6 Å². The minimum atomic E-state index is -4.77. The molecule has 0 radical (unpaired) electrons. The molecule has 4 aliphatic carbocycles. The Balaban J connectivity index is 0.000000155. The van der Waals surface area contributed by atoms with E-state index in [0.717, 1.165) is 0 Å². The smallest absolute Gasteiger partial charge is 0.346 e. The average molecular weight is 554 g/mol. The number of Topliss-reactive ketones (excluding diaryl/α,β-unsaturated/α-hetero) is 1. The van der Waals surface area contributed by atoms with Crippen molar-refractivity contribution in [1.29, 1.82) is 0 Å². The molecule has 204 valence electrons. The summed E-state index contributed by atoms with van der Waals surface area (Å²) in [5, 5.41) is 20.0. The van der Waals surface area contributed by atoms with Crippen LogP contribution >= 0.6 is 0 Å². The van der Waals surface area contributed by atoms with Gasteiger partial charge in [0.2, 0.25) is 0 Å². The van der Waals surface area contributed by atoms with Gasteiger partial charge in [-0.3, -0.25) is 4.79 Å². The van der Waals surface area contributed by atoms with Gasteiger partial charge in [0.05, 0.1) is 5.56 Å². The fourth-order valence-corrected chi connectivity index (χ4v) is 5.77. The van der Waals surface area contributed by atoms with Crippen LogP contribution in [0.2, 0.25) is 0 Å². The number of alkyl halides is 8. The van der Waals surface area contributed by atoms with Crippen molar-refractivity contribution in [3.63, 3.8) is 0 Å². The second-order valence-electron chi connectivity index (χ2n) is 9.73. The van der Waals surface area contributed by atoms with Gasteiger partial charge in [0.1, 0.15) is 11.6 Å². The van der Waals surface area contributed by atoms with Gasteiger partial charge in [-0.2, -0.15) is 35.1 Å². The van der Waals surface area contributed by atoms with E-state index in [0.29, 0.717) is 24.3 Å². The van der Waals surface area contributed by atoms with Crippen LogP contribution in [0.15, 0.2) is 30.8 Å². The first-order valence-electron chi connectivity index (χ1n) is 11.1. The lowest BCUT2D eigenvalue weighted by Crippen LogP contribution is -2.50. The first kappa shape index (κ1) is 26.7. The van der Waals surface area contributed by atoms with Crippen LogP contribution < -0.4 is 0 Å². The number of hydrogen-bond acceptors (Lipinski definition) is 3. The molecule has 6 rings (SSSR count). The standard InChI is InChI=1S/C13H9F5O.C12H7F5O2/c1-6-4-5-11(19)10-7(2-3-8(14)9(6)10)12(15,16)13(11,17)18;13-6-2-1-5-9-8(6)7(18)3-4-10(9,19)12(16,17)11(5,14)15/h2-3,19H,1,4-5H2;1-2,19H,3-4H2. The van der Waals surface area contributed by atoms with Crippen molar-refractivity contribution in [2.75, 3.05) is 0 Å². The molecule has 0 saturated heterocycles. The normalized spacial score (nSPS) is 30.3. The summed E-state index contributed by atoms with van der Waals surface area (Å²) in [6.45, 7) is 3.51. The number of carbonyl (C=O) groups is 1. The monoisotopic (exact) mass is 554 g/mol. The predicted molar refractivity (Wildman–Crippen MR) is 110 cm³/mol. The molecule has 0 heterocycles. The largest absolute Gasteiger partial charge is 0.378 e. The maximum Gasteiger partial charge on any atom is 0.346 e. The third-order valence-electron chi connectivity index (χ3n) is 7.78. The van der Waals surface area contributed by atoms with Crippen LogP contribution in [0.1, 0.15) is 63.9 Å². The summed E-state index contributed by atoms with van der Waals surface area (Å²) >= 11 is 0. The van der Waals surface area contributed by atoms with Gasteiger partial charge >= 0.3 is 23.7 Å². The maximum atomic E-state index is 13.9. The molecule has 2 N–H and O–H groups in total.